The molecular formula is C11H23N3O2S. The van der Waals surface area contributed by atoms with E-state index in [1.165, 1.54) is 25.5 Å². The van der Waals surface area contributed by atoms with Crippen molar-refractivity contribution in [1.82, 2.24) is 14.5 Å². The zero-order valence-corrected chi connectivity index (χ0v) is 11.5. The van der Waals surface area contributed by atoms with Gasteiger partial charge in [-0.15, -0.1) is 0 Å². The molecule has 1 N–H and O–H groups in total. The number of hydrogen-bond donors (Lipinski definition) is 1. The van der Waals surface area contributed by atoms with E-state index < -0.39 is 10.0 Å². The van der Waals surface area contributed by atoms with Crippen molar-refractivity contribution in [2.24, 2.45) is 0 Å². The first-order valence-corrected chi connectivity index (χ1v) is 8.22. The molecule has 0 aromatic rings. The Hall–Kier alpha value is -0.170. The molecule has 1 aliphatic heterocycles. The van der Waals surface area contributed by atoms with E-state index in [9.17, 15) is 8.42 Å². The summed E-state index contributed by atoms with van der Waals surface area (Å²) in [6.45, 7) is 3.07. The van der Waals surface area contributed by atoms with Crippen LogP contribution in [0.4, 0.5) is 0 Å². The van der Waals surface area contributed by atoms with Crippen LogP contribution in [0.1, 0.15) is 19.3 Å². The normalized spacial score (nSPS) is 33.1. The smallest absolute Gasteiger partial charge is 0.211 e. The first kappa shape index (κ1) is 13.3. The summed E-state index contributed by atoms with van der Waals surface area (Å²) < 4.78 is 24.4. The van der Waals surface area contributed by atoms with Gasteiger partial charge in [0.15, 0.2) is 0 Å². The van der Waals surface area contributed by atoms with Crippen LogP contribution in [0.3, 0.4) is 0 Å². The molecule has 100 valence electrons. The van der Waals surface area contributed by atoms with Gasteiger partial charge in [0.05, 0.1) is 6.26 Å². The van der Waals surface area contributed by atoms with Gasteiger partial charge in [0.25, 0.3) is 0 Å². The van der Waals surface area contributed by atoms with Gasteiger partial charge in [-0.2, -0.15) is 4.31 Å². The zero-order chi connectivity index (χ0) is 12.5. The van der Waals surface area contributed by atoms with Crippen molar-refractivity contribution in [3.8, 4) is 0 Å². The second kappa shape index (κ2) is 5.22. The Kier molecular flexibility index (Phi) is 4.07. The van der Waals surface area contributed by atoms with Crippen molar-refractivity contribution < 1.29 is 8.42 Å². The summed E-state index contributed by atoms with van der Waals surface area (Å²) in [4.78, 5) is 2.46. The maximum Gasteiger partial charge on any atom is 0.211 e. The van der Waals surface area contributed by atoms with Crippen LogP contribution in [-0.2, 0) is 10.0 Å². The third-order valence-electron chi connectivity index (χ3n) is 4.07. The Morgan fingerprint density at radius 1 is 1.12 bits per heavy atom. The van der Waals surface area contributed by atoms with E-state index in [1.54, 1.807) is 4.31 Å². The monoisotopic (exact) mass is 261 g/mol. The summed E-state index contributed by atoms with van der Waals surface area (Å²) in [7, 11) is -0.971. The van der Waals surface area contributed by atoms with E-state index in [0.717, 1.165) is 13.1 Å². The lowest BCUT2D eigenvalue weighted by molar-refractivity contribution is 0.138. The van der Waals surface area contributed by atoms with Crippen molar-refractivity contribution >= 4 is 10.0 Å². The number of rotatable bonds is 3. The molecule has 0 spiro atoms. The SMILES string of the molecule is CNC1CCC(N2CCN(S(C)(=O)=O)CC2)C1. The molecule has 0 aromatic heterocycles. The lowest BCUT2D eigenvalue weighted by Gasteiger charge is -2.37. The molecule has 5 nitrogen and oxygen atoms in total. The minimum Gasteiger partial charge on any atom is -0.317 e. The Balaban J connectivity index is 1.84. The van der Waals surface area contributed by atoms with E-state index in [4.69, 9.17) is 0 Å². The molecule has 1 saturated heterocycles. The first-order valence-electron chi connectivity index (χ1n) is 6.37. The van der Waals surface area contributed by atoms with E-state index in [2.05, 4.69) is 10.2 Å². The molecule has 0 bridgehead atoms. The molecule has 1 heterocycles. The molecule has 0 aromatic carbocycles. The van der Waals surface area contributed by atoms with Crippen LogP contribution in [0.15, 0.2) is 0 Å². The lowest BCUT2D eigenvalue weighted by Crippen LogP contribution is -2.51. The molecule has 6 heteroatoms. The highest BCUT2D eigenvalue weighted by Crippen LogP contribution is 2.25. The van der Waals surface area contributed by atoms with E-state index in [0.29, 0.717) is 25.2 Å². The third kappa shape index (κ3) is 3.19. The maximum absolute atomic E-state index is 11.4. The van der Waals surface area contributed by atoms with Gasteiger partial charge in [0.2, 0.25) is 10.0 Å². The van der Waals surface area contributed by atoms with E-state index >= 15 is 0 Å². The highest BCUT2D eigenvalue weighted by Gasteiger charge is 2.32. The number of nitrogens with zero attached hydrogens (tertiary/aromatic N) is 2. The van der Waals surface area contributed by atoms with Gasteiger partial charge in [-0.05, 0) is 26.3 Å². The Morgan fingerprint density at radius 2 is 1.76 bits per heavy atom. The quantitative estimate of drug-likeness (QED) is 0.758. The predicted molar refractivity (Wildman–Crippen MR) is 68.5 cm³/mol. The second-order valence-corrected chi connectivity index (χ2v) is 7.13. The molecule has 1 saturated carbocycles. The van der Waals surface area contributed by atoms with Crippen LogP contribution in [0, 0.1) is 0 Å². The minimum atomic E-state index is -2.99. The summed E-state index contributed by atoms with van der Waals surface area (Å²) in [6, 6.07) is 1.29. The van der Waals surface area contributed by atoms with Gasteiger partial charge in [-0.3, -0.25) is 4.90 Å². The summed E-state index contributed by atoms with van der Waals surface area (Å²) in [6.07, 6.45) is 4.99. The summed E-state index contributed by atoms with van der Waals surface area (Å²) in [5.41, 5.74) is 0. The third-order valence-corrected chi connectivity index (χ3v) is 5.38. The Morgan fingerprint density at radius 3 is 2.24 bits per heavy atom. The molecule has 2 rings (SSSR count). The van der Waals surface area contributed by atoms with Gasteiger partial charge in [-0.1, -0.05) is 0 Å². The van der Waals surface area contributed by atoms with Crippen LogP contribution in [-0.4, -0.2) is 69.2 Å². The van der Waals surface area contributed by atoms with Gasteiger partial charge in [-0.25, -0.2) is 8.42 Å². The summed E-state index contributed by atoms with van der Waals surface area (Å²) in [5.74, 6) is 0. The average Bonchev–Trinajstić information content (AvgIpc) is 2.76. The average molecular weight is 261 g/mol. The highest BCUT2D eigenvalue weighted by atomic mass is 32.2. The van der Waals surface area contributed by atoms with Gasteiger partial charge < -0.3 is 5.32 Å². The Labute approximate surface area is 104 Å². The van der Waals surface area contributed by atoms with Crippen LogP contribution >= 0.6 is 0 Å². The predicted octanol–water partition coefficient (Wildman–Crippen LogP) is -0.296. The lowest BCUT2D eigenvalue weighted by atomic mass is 10.2. The molecule has 17 heavy (non-hydrogen) atoms. The summed E-state index contributed by atoms with van der Waals surface area (Å²) >= 11 is 0. The van der Waals surface area contributed by atoms with E-state index in [-0.39, 0.29) is 0 Å². The summed E-state index contributed by atoms with van der Waals surface area (Å²) in [5, 5.41) is 3.33. The van der Waals surface area contributed by atoms with Crippen molar-refractivity contribution in [2.45, 2.75) is 31.3 Å². The van der Waals surface area contributed by atoms with Gasteiger partial charge in [0.1, 0.15) is 0 Å². The van der Waals surface area contributed by atoms with Crippen molar-refractivity contribution in [3.63, 3.8) is 0 Å². The number of nitrogens with one attached hydrogen (secondary N) is 1. The second-order valence-electron chi connectivity index (χ2n) is 5.15. The molecule has 2 aliphatic rings. The Bertz CT molecular complexity index is 350. The van der Waals surface area contributed by atoms with Gasteiger partial charge >= 0.3 is 0 Å². The molecule has 2 atom stereocenters. The topological polar surface area (TPSA) is 52.6 Å². The standard InChI is InChI=1S/C11H23N3O2S/c1-12-10-3-4-11(9-10)13-5-7-14(8-6-13)17(2,15)16/h10-12H,3-9H2,1-2H3. The van der Waals surface area contributed by atoms with Gasteiger partial charge in [0, 0.05) is 38.3 Å². The fourth-order valence-electron chi connectivity index (χ4n) is 2.95. The van der Waals surface area contributed by atoms with Crippen LogP contribution in [0.25, 0.3) is 0 Å². The maximum atomic E-state index is 11.4. The molecule has 1 aliphatic carbocycles. The van der Waals surface area contributed by atoms with Crippen LogP contribution in [0.2, 0.25) is 0 Å². The number of sulfonamides is 1. The molecule has 2 unspecified atom stereocenters. The number of hydrogen-bond acceptors (Lipinski definition) is 4. The van der Waals surface area contributed by atoms with Crippen LogP contribution in [0.5, 0.6) is 0 Å². The highest BCUT2D eigenvalue weighted by molar-refractivity contribution is 7.88. The first-order chi connectivity index (χ1) is 8.00. The fourth-order valence-corrected chi connectivity index (χ4v) is 3.78. The molecule has 2 fully saturated rings. The van der Waals surface area contributed by atoms with Crippen molar-refractivity contribution in [2.75, 3.05) is 39.5 Å². The largest absolute Gasteiger partial charge is 0.317 e. The zero-order valence-electron chi connectivity index (χ0n) is 10.7. The van der Waals surface area contributed by atoms with E-state index in [1.807, 2.05) is 7.05 Å². The fraction of sp³-hybridized carbons (Fsp3) is 1.00. The molecule has 0 radical (unpaired) electrons. The van der Waals surface area contributed by atoms with Crippen molar-refractivity contribution in [3.05, 3.63) is 0 Å². The minimum absolute atomic E-state index is 0.646. The number of piperazine rings is 1. The van der Waals surface area contributed by atoms with Crippen LogP contribution < -0.4 is 5.32 Å². The molecule has 0 amide bonds. The van der Waals surface area contributed by atoms with Crippen molar-refractivity contribution in [1.29, 1.82) is 0 Å². The molecular weight excluding hydrogens is 238 g/mol.